The molecule has 0 radical (unpaired) electrons. The van der Waals surface area contributed by atoms with Gasteiger partial charge in [-0.25, -0.2) is 18.7 Å². The molecule has 14 heteroatoms. The number of hydrazone groups is 1. The summed E-state index contributed by atoms with van der Waals surface area (Å²) >= 11 is 6.04. The van der Waals surface area contributed by atoms with Crippen LogP contribution in [-0.4, -0.2) is 58.3 Å². The van der Waals surface area contributed by atoms with Crippen molar-refractivity contribution in [3.05, 3.63) is 46.9 Å². The number of rotatable bonds is 7. The molecule has 1 aliphatic rings. The van der Waals surface area contributed by atoms with E-state index in [0.29, 0.717) is 6.20 Å². The van der Waals surface area contributed by atoms with Crippen LogP contribution in [0.3, 0.4) is 0 Å². The van der Waals surface area contributed by atoms with Crippen LogP contribution in [0.25, 0.3) is 0 Å². The number of carbonyl (C=O) groups is 1. The van der Waals surface area contributed by atoms with E-state index in [9.17, 15) is 26.7 Å². The Balaban J connectivity index is 1.86. The first-order valence-electron chi connectivity index (χ1n) is 10.3. The van der Waals surface area contributed by atoms with E-state index in [4.69, 9.17) is 17.0 Å². The normalized spacial score (nSPS) is 20.0. The minimum atomic E-state index is -4.65. The number of alkyl halides is 5. The number of carbonyl (C=O) groups excluding carboxylic acids is 1. The summed E-state index contributed by atoms with van der Waals surface area (Å²) in [5.41, 5.74) is 1.60. The van der Waals surface area contributed by atoms with Crippen molar-refractivity contribution >= 4 is 41.4 Å². The highest BCUT2D eigenvalue weighted by Crippen LogP contribution is 2.36. The highest BCUT2D eigenvalue weighted by molar-refractivity contribution is 6.31. The molecular weight excluding hydrogens is 497 g/mol. The van der Waals surface area contributed by atoms with Crippen LogP contribution >= 0.6 is 11.6 Å². The molecule has 2 aromatic rings. The van der Waals surface area contributed by atoms with Gasteiger partial charge in [-0.05, 0) is 24.1 Å². The maximum Gasteiger partial charge on any atom is 0.434 e. The second kappa shape index (κ2) is 10.5. The van der Waals surface area contributed by atoms with Gasteiger partial charge in [-0.15, -0.1) is 0 Å². The molecular formula is C21H21ClF5N7O. The van der Waals surface area contributed by atoms with Gasteiger partial charge in [0.2, 0.25) is 0 Å². The zero-order valence-electron chi connectivity index (χ0n) is 18.3. The Morgan fingerprint density at radius 2 is 2.09 bits per heavy atom. The Bertz CT molecular complexity index is 1090. The Labute approximate surface area is 202 Å². The van der Waals surface area contributed by atoms with E-state index >= 15 is 0 Å². The molecule has 35 heavy (non-hydrogen) atoms. The average Bonchev–Trinajstić information content (AvgIpc) is 2.78. The van der Waals surface area contributed by atoms with Gasteiger partial charge < -0.3 is 15.6 Å². The van der Waals surface area contributed by atoms with Crippen LogP contribution in [0.4, 0.5) is 33.5 Å². The molecule has 0 spiro atoms. The number of halogens is 6. The minimum absolute atomic E-state index is 0.000949. The molecule has 0 bridgehead atoms. The third-order valence-electron chi connectivity index (χ3n) is 5.32. The van der Waals surface area contributed by atoms with Crippen molar-refractivity contribution in [1.29, 1.82) is 5.41 Å². The number of nitrogens with zero attached hydrogens (tertiary/aromatic N) is 4. The lowest BCUT2D eigenvalue weighted by Gasteiger charge is -2.43. The van der Waals surface area contributed by atoms with Crippen molar-refractivity contribution in [3.8, 4) is 0 Å². The van der Waals surface area contributed by atoms with E-state index in [1.165, 1.54) is 18.2 Å². The summed E-state index contributed by atoms with van der Waals surface area (Å²) in [6, 6.07) is 3.50. The fourth-order valence-electron chi connectivity index (χ4n) is 3.74. The lowest BCUT2D eigenvalue weighted by atomic mass is 9.87. The van der Waals surface area contributed by atoms with Crippen LogP contribution in [0.15, 0.2) is 35.7 Å². The molecule has 1 saturated heterocycles. The van der Waals surface area contributed by atoms with Gasteiger partial charge in [0.1, 0.15) is 5.82 Å². The summed E-state index contributed by atoms with van der Waals surface area (Å²) in [5.74, 6) is -4.55. The lowest BCUT2D eigenvalue weighted by Crippen LogP contribution is -2.57. The Hall–Kier alpha value is -3.35. The summed E-state index contributed by atoms with van der Waals surface area (Å²) in [5, 5.41) is 13.7. The molecule has 2 atom stereocenters. The third kappa shape index (κ3) is 6.62. The van der Waals surface area contributed by atoms with Crippen molar-refractivity contribution in [2.45, 2.75) is 31.5 Å². The van der Waals surface area contributed by atoms with Gasteiger partial charge in [0.15, 0.2) is 5.69 Å². The van der Waals surface area contributed by atoms with Gasteiger partial charge >= 0.3 is 6.18 Å². The lowest BCUT2D eigenvalue weighted by molar-refractivity contribution is -0.141. The van der Waals surface area contributed by atoms with Gasteiger partial charge in [0.25, 0.3) is 11.8 Å². The first-order chi connectivity index (χ1) is 16.4. The van der Waals surface area contributed by atoms with Gasteiger partial charge in [0, 0.05) is 24.2 Å². The Morgan fingerprint density at radius 1 is 1.34 bits per heavy atom. The number of likely N-dealkylation sites (tertiary alicyclic amines) is 1. The second-order valence-electron chi connectivity index (χ2n) is 7.95. The topological polar surface area (TPSA) is 106 Å². The van der Waals surface area contributed by atoms with Crippen LogP contribution < -0.4 is 10.7 Å². The van der Waals surface area contributed by atoms with E-state index in [0.717, 1.165) is 23.5 Å². The second-order valence-corrected chi connectivity index (χ2v) is 8.39. The molecule has 0 saturated carbocycles. The molecule has 188 valence electrons. The predicted molar refractivity (Wildman–Crippen MR) is 121 cm³/mol. The fraction of sp³-hybridized carbons (Fsp3) is 0.381. The smallest absolute Gasteiger partial charge is 0.367 e. The molecule has 1 fully saturated rings. The van der Waals surface area contributed by atoms with Crippen LogP contribution in [0, 0.1) is 11.3 Å². The molecule has 1 aliphatic heterocycles. The number of benzene rings is 1. The number of hydrogen-bond acceptors (Lipinski definition) is 7. The monoisotopic (exact) mass is 517 g/mol. The molecule has 0 aliphatic carbocycles. The largest absolute Gasteiger partial charge is 0.434 e. The zero-order chi connectivity index (χ0) is 25.8. The number of nitrogens with one attached hydrogen (secondary N) is 3. The summed E-state index contributed by atoms with van der Waals surface area (Å²) < 4.78 is 67.1. The third-order valence-corrected chi connectivity index (χ3v) is 5.56. The SMILES string of the molecule is C[C@@H]1CC(F)(F)CN(C(=O)c2cc(Cl)ccc2N/N=C\C=N)C1CNc1cnc(C(F)(F)F)cn1. The van der Waals surface area contributed by atoms with Crippen molar-refractivity contribution in [2.75, 3.05) is 23.8 Å². The van der Waals surface area contributed by atoms with E-state index < -0.39 is 48.6 Å². The maximum atomic E-state index is 14.5. The van der Waals surface area contributed by atoms with Crippen LogP contribution in [0.1, 0.15) is 29.4 Å². The summed E-state index contributed by atoms with van der Waals surface area (Å²) in [7, 11) is 0. The molecule has 8 nitrogen and oxygen atoms in total. The molecule has 2 heterocycles. The van der Waals surface area contributed by atoms with Crippen molar-refractivity contribution in [3.63, 3.8) is 0 Å². The molecule has 3 N–H and O–H groups in total. The first-order valence-corrected chi connectivity index (χ1v) is 10.7. The number of piperidine rings is 1. The molecule has 1 aromatic carbocycles. The van der Waals surface area contributed by atoms with Crippen LogP contribution in [-0.2, 0) is 6.18 Å². The van der Waals surface area contributed by atoms with Crippen molar-refractivity contribution < 1.29 is 26.7 Å². The van der Waals surface area contributed by atoms with Gasteiger partial charge in [0.05, 0.1) is 42.4 Å². The number of aromatic nitrogens is 2. The van der Waals surface area contributed by atoms with Gasteiger partial charge in [-0.2, -0.15) is 18.3 Å². The van der Waals surface area contributed by atoms with Crippen LogP contribution in [0.5, 0.6) is 0 Å². The van der Waals surface area contributed by atoms with E-state index in [1.54, 1.807) is 6.92 Å². The van der Waals surface area contributed by atoms with Crippen molar-refractivity contribution in [1.82, 2.24) is 14.9 Å². The Kier molecular flexibility index (Phi) is 7.88. The maximum absolute atomic E-state index is 14.5. The average molecular weight is 518 g/mol. The number of hydrogen-bond donors (Lipinski definition) is 3. The quantitative estimate of drug-likeness (QED) is 0.278. The van der Waals surface area contributed by atoms with Crippen molar-refractivity contribution in [2.24, 2.45) is 11.0 Å². The van der Waals surface area contributed by atoms with Gasteiger partial charge in [-0.3, -0.25) is 10.2 Å². The van der Waals surface area contributed by atoms with E-state index in [1.807, 2.05) is 0 Å². The molecule has 1 unspecified atom stereocenters. The highest BCUT2D eigenvalue weighted by Gasteiger charge is 2.46. The van der Waals surface area contributed by atoms with Crippen LogP contribution in [0.2, 0.25) is 5.02 Å². The summed E-state index contributed by atoms with van der Waals surface area (Å²) in [4.78, 5) is 21.4. The van der Waals surface area contributed by atoms with E-state index in [2.05, 4.69) is 25.8 Å². The fourth-order valence-corrected chi connectivity index (χ4v) is 3.92. The minimum Gasteiger partial charge on any atom is -0.367 e. The first kappa shape index (κ1) is 26.3. The highest BCUT2D eigenvalue weighted by atomic mass is 35.5. The number of amides is 1. The number of anilines is 2. The predicted octanol–water partition coefficient (Wildman–Crippen LogP) is 4.79. The molecule has 3 rings (SSSR count). The summed E-state index contributed by atoms with van der Waals surface area (Å²) in [6.07, 6.45) is -1.66. The Morgan fingerprint density at radius 3 is 2.71 bits per heavy atom. The standard InChI is InChI=1S/C21H21ClF5N7O/c1-12-7-20(23,24)11-34(16(12)8-30-18-10-29-17(9-31-18)21(25,26)27)19(35)14-6-13(22)2-3-15(14)33-32-5-4-28/h2-6,9-10,12,16,28,33H,7-8,11H2,1H3,(H,30,31)/b28-4?,32-5-/t12-,16?/m1/s1. The van der Waals surface area contributed by atoms with Gasteiger partial charge in [-0.1, -0.05) is 18.5 Å². The summed E-state index contributed by atoms with van der Waals surface area (Å²) in [6.45, 7) is 0.638. The molecule has 1 amide bonds. The molecule has 1 aromatic heterocycles. The zero-order valence-corrected chi connectivity index (χ0v) is 19.0. The van der Waals surface area contributed by atoms with E-state index in [-0.39, 0.29) is 28.6 Å².